The van der Waals surface area contributed by atoms with Gasteiger partial charge in [-0.1, -0.05) is 30.3 Å². The van der Waals surface area contributed by atoms with Crippen LogP contribution in [0.3, 0.4) is 0 Å². The molecule has 29 heavy (non-hydrogen) atoms. The molecule has 0 bridgehead atoms. The van der Waals surface area contributed by atoms with E-state index in [1.165, 1.54) is 23.8 Å². The molecule has 6 heteroatoms. The van der Waals surface area contributed by atoms with Gasteiger partial charge in [-0.05, 0) is 110 Å². The van der Waals surface area contributed by atoms with E-state index >= 15 is 0 Å². The van der Waals surface area contributed by atoms with Gasteiger partial charge in [0.1, 0.15) is 5.75 Å². The molecule has 0 radical (unpaired) electrons. The highest BCUT2D eigenvalue weighted by atomic mass is 127. The Balaban J connectivity index is 1.76. The van der Waals surface area contributed by atoms with Crippen LogP contribution in [0, 0.1) is 7.14 Å². The highest BCUT2D eigenvalue weighted by Gasteiger charge is 2.07. The Morgan fingerprint density at radius 3 is 2.03 bits per heavy atom. The van der Waals surface area contributed by atoms with Crippen LogP contribution in [0.4, 0.5) is 0 Å². The van der Waals surface area contributed by atoms with Gasteiger partial charge in [-0.25, -0.2) is 4.79 Å². The van der Waals surface area contributed by atoms with Crippen molar-refractivity contribution in [2.24, 2.45) is 0 Å². The molecule has 0 atom stereocenters. The van der Waals surface area contributed by atoms with Crippen LogP contribution in [0.15, 0.2) is 83.8 Å². The highest BCUT2D eigenvalue weighted by Crippen LogP contribution is 2.28. The molecule has 0 aliphatic heterocycles. The third-order valence-corrected chi connectivity index (χ3v) is 6.28. The number of halogens is 2. The zero-order valence-electron chi connectivity index (χ0n) is 15.3. The molecule has 0 heterocycles. The number of thioether (sulfide) groups is 1. The van der Waals surface area contributed by atoms with Gasteiger partial charge in [0, 0.05) is 17.8 Å². The lowest BCUT2D eigenvalue weighted by molar-refractivity contribution is -0.139. The van der Waals surface area contributed by atoms with E-state index in [4.69, 9.17) is 9.84 Å². The number of hydrogen-bond acceptors (Lipinski definition) is 3. The average Bonchev–Trinajstić information content (AvgIpc) is 2.70. The summed E-state index contributed by atoms with van der Waals surface area (Å²) in [7, 11) is 0. The minimum atomic E-state index is -0.979. The summed E-state index contributed by atoms with van der Waals surface area (Å²) in [5.41, 5.74) is 3.63. The Morgan fingerprint density at radius 1 is 0.931 bits per heavy atom. The second-order valence-corrected chi connectivity index (χ2v) is 9.69. The molecule has 3 nitrogen and oxygen atoms in total. The normalized spacial score (nSPS) is 10.4. The molecule has 0 aliphatic rings. The number of ether oxygens (including phenoxy) is 1. The summed E-state index contributed by atoms with van der Waals surface area (Å²) in [5, 5.41) is 8.68. The third-order valence-electron chi connectivity index (χ3n) is 3.99. The van der Waals surface area contributed by atoms with E-state index in [0.29, 0.717) is 5.75 Å². The predicted octanol–water partition coefficient (Wildman–Crippen LogP) is 6.58. The summed E-state index contributed by atoms with van der Waals surface area (Å²) in [5.74, 6) is 0.402. The minimum absolute atomic E-state index is 0.329. The van der Waals surface area contributed by atoms with Crippen LogP contribution < -0.4 is 4.74 Å². The lowest BCUT2D eigenvalue weighted by Gasteiger charge is -2.10. The van der Waals surface area contributed by atoms with Gasteiger partial charge in [0.2, 0.25) is 0 Å². The van der Waals surface area contributed by atoms with Crippen molar-refractivity contribution in [1.29, 1.82) is 0 Å². The van der Waals surface area contributed by atoms with Gasteiger partial charge in [0.05, 0.1) is 0 Å². The van der Waals surface area contributed by atoms with Crippen molar-refractivity contribution < 1.29 is 14.6 Å². The van der Waals surface area contributed by atoms with Gasteiger partial charge in [-0.2, -0.15) is 0 Å². The van der Waals surface area contributed by atoms with E-state index in [9.17, 15) is 4.79 Å². The molecule has 3 aromatic carbocycles. The van der Waals surface area contributed by atoms with Crippen LogP contribution in [0.5, 0.6) is 5.75 Å². The van der Waals surface area contributed by atoms with Gasteiger partial charge in [0.25, 0.3) is 0 Å². The van der Waals surface area contributed by atoms with Gasteiger partial charge in [0.15, 0.2) is 6.61 Å². The molecule has 0 aliphatic carbocycles. The molecule has 0 unspecified atom stereocenters. The summed E-state index contributed by atoms with van der Waals surface area (Å²) in [6, 6.07) is 24.6. The fraction of sp³-hybridized carbons (Fsp3) is 0.0870. The first-order valence-corrected chi connectivity index (χ1v) is 11.9. The molecule has 0 spiro atoms. The number of aliphatic carboxylic acids is 1. The Hall–Kier alpha value is -1.52. The van der Waals surface area contributed by atoms with Crippen molar-refractivity contribution in [1.82, 2.24) is 0 Å². The lowest BCUT2D eigenvalue weighted by Crippen LogP contribution is -2.09. The number of benzene rings is 3. The van der Waals surface area contributed by atoms with Gasteiger partial charge < -0.3 is 9.84 Å². The first-order valence-electron chi connectivity index (χ1n) is 8.81. The summed E-state index contributed by atoms with van der Waals surface area (Å²) in [6.07, 6.45) is 2.26. The van der Waals surface area contributed by atoms with Crippen molar-refractivity contribution >= 4 is 68.5 Å². The lowest BCUT2D eigenvalue weighted by atomic mass is 9.98. The van der Waals surface area contributed by atoms with Crippen molar-refractivity contribution in [2.45, 2.75) is 4.90 Å². The van der Waals surface area contributed by atoms with Crippen LogP contribution in [0.25, 0.3) is 5.57 Å². The number of carboxylic acid groups (broad SMARTS) is 1. The molecule has 0 amide bonds. The Labute approximate surface area is 201 Å². The number of carbonyl (C=O) groups is 1. The van der Waals surface area contributed by atoms with E-state index < -0.39 is 5.97 Å². The standard InChI is InChI=1S/C23H18I2O3S/c24-18-5-1-3-16(13-18)22(17-4-2-6-19(25)14-17)11-12-29-21-9-7-20(8-10-21)28-15-23(26)27/h1-11,13-14H,12,15H2,(H,26,27). The van der Waals surface area contributed by atoms with E-state index in [0.717, 1.165) is 10.6 Å². The maximum atomic E-state index is 10.6. The first kappa shape index (κ1) is 22.2. The zero-order valence-corrected chi connectivity index (χ0v) is 20.5. The van der Waals surface area contributed by atoms with Gasteiger partial charge in [-0.15, -0.1) is 11.8 Å². The molecular formula is C23H18I2O3S. The number of carboxylic acids is 1. The van der Waals surface area contributed by atoms with E-state index in [2.05, 4.69) is 99.8 Å². The monoisotopic (exact) mass is 628 g/mol. The molecule has 1 N–H and O–H groups in total. The van der Waals surface area contributed by atoms with Crippen molar-refractivity contribution in [3.8, 4) is 5.75 Å². The first-order chi connectivity index (χ1) is 14.0. The molecule has 3 aromatic rings. The Kier molecular flexibility index (Phi) is 8.43. The fourth-order valence-electron chi connectivity index (χ4n) is 2.71. The smallest absolute Gasteiger partial charge is 0.341 e. The third kappa shape index (κ3) is 7.04. The maximum Gasteiger partial charge on any atom is 0.341 e. The van der Waals surface area contributed by atoms with Gasteiger partial charge in [-0.3, -0.25) is 0 Å². The molecule has 0 aromatic heterocycles. The van der Waals surface area contributed by atoms with E-state index in [-0.39, 0.29) is 6.61 Å². The molecule has 0 saturated carbocycles. The van der Waals surface area contributed by atoms with E-state index in [1.807, 2.05) is 12.1 Å². The quantitative estimate of drug-likeness (QED) is 0.226. The minimum Gasteiger partial charge on any atom is -0.482 e. The molecule has 3 rings (SSSR count). The highest BCUT2D eigenvalue weighted by molar-refractivity contribution is 14.1. The summed E-state index contributed by atoms with van der Waals surface area (Å²) in [4.78, 5) is 11.7. The van der Waals surface area contributed by atoms with Crippen LogP contribution in [0.1, 0.15) is 11.1 Å². The summed E-state index contributed by atoms with van der Waals surface area (Å²) >= 11 is 6.41. The maximum absolute atomic E-state index is 10.6. The van der Waals surface area contributed by atoms with E-state index in [1.54, 1.807) is 23.9 Å². The predicted molar refractivity (Wildman–Crippen MR) is 136 cm³/mol. The summed E-state index contributed by atoms with van der Waals surface area (Å²) in [6.45, 7) is -0.329. The fourth-order valence-corrected chi connectivity index (χ4v) is 4.57. The van der Waals surface area contributed by atoms with Crippen LogP contribution in [-0.4, -0.2) is 23.4 Å². The van der Waals surface area contributed by atoms with Crippen LogP contribution in [0.2, 0.25) is 0 Å². The Bertz CT molecular complexity index is 969. The van der Waals surface area contributed by atoms with Crippen molar-refractivity contribution in [3.63, 3.8) is 0 Å². The zero-order chi connectivity index (χ0) is 20.6. The molecule has 0 saturated heterocycles. The van der Waals surface area contributed by atoms with Crippen LogP contribution >= 0.6 is 56.9 Å². The summed E-state index contributed by atoms with van der Waals surface area (Å²) < 4.78 is 7.60. The second kappa shape index (κ2) is 11.0. The average molecular weight is 628 g/mol. The topological polar surface area (TPSA) is 46.5 Å². The van der Waals surface area contributed by atoms with Gasteiger partial charge >= 0.3 is 5.97 Å². The molecule has 148 valence electrons. The molecule has 0 fully saturated rings. The van der Waals surface area contributed by atoms with Crippen molar-refractivity contribution in [3.05, 3.63) is 97.1 Å². The Morgan fingerprint density at radius 2 is 1.52 bits per heavy atom. The SMILES string of the molecule is O=C(O)COc1ccc(SCC=C(c2cccc(I)c2)c2cccc(I)c2)cc1. The number of rotatable bonds is 8. The van der Waals surface area contributed by atoms with Crippen LogP contribution in [-0.2, 0) is 4.79 Å². The number of hydrogen-bond donors (Lipinski definition) is 1. The second-order valence-electron chi connectivity index (χ2n) is 6.10. The largest absolute Gasteiger partial charge is 0.482 e. The van der Waals surface area contributed by atoms with Crippen molar-refractivity contribution in [2.75, 3.05) is 12.4 Å². The molecular weight excluding hydrogens is 610 g/mol.